The van der Waals surface area contributed by atoms with Gasteiger partial charge in [0.15, 0.2) is 0 Å². The molecule has 2 saturated heterocycles. The number of hydrogen-bond acceptors (Lipinski definition) is 5. The van der Waals surface area contributed by atoms with Crippen molar-refractivity contribution >= 4 is 11.6 Å². The number of likely N-dealkylation sites (N-methyl/N-ethyl adjacent to an activating group) is 1. The number of nitrogen functional groups attached to an aromatic ring is 1. The maximum Gasteiger partial charge on any atom is 0.228 e. The number of carbonyl (C=O) groups is 1. The van der Waals surface area contributed by atoms with E-state index < -0.39 is 0 Å². The summed E-state index contributed by atoms with van der Waals surface area (Å²) in [6.07, 6.45) is 0.192. The zero-order valence-electron chi connectivity index (χ0n) is 16.4. The smallest absolute Gasteiger partial charge is 0.228 e. The average molecular weight is 396 g/mol. The van der Waals surface area contributed by atoms with E-state index in [-0.39, 0.29) is 18.1 Å². The van der Waals surface area contributed by atoms with Crippen LogP contribution in [0.4, 0.5) is 10.1 Å². The summed E-state index contributed by atoms with van der Waals surface area (Å²) >= 11 is 0. The standard InChI is InChI=1S/C22H25FN4O2/c1-26(15-11-29-12-15)22-16-9-27(10-17(16)22)21(28)8-20-18(24)6-7-19(25-20)13-2-4-14(23)5-3-13/h2-7,15-17,22H,8-12,24H2,1H3/t16-,17+,22?. The SMILES string of the molecule is CN(C1COC1)C1[C@H]2CN(C(=O)Cc3nc(-c4ccc(F)cc4)ccc3N)C[C@@H]12. The van der Waals surface area contributed by atoms with Crippen LogP contribution in [0.3, 0.4) is 0 Å². The lowest BCUT2D eigenvalue weighted by Crippen LogP contribution is -2.50. The highest BCUT2D eigenvalue weighted by atomic mass is 19.1. The topological polar surface area (TPSA) is 71.7 Å². The molecule has 0 radical (unpaired) electrons. The van der Waals surface area contributed by atoms with Crippen LogP contribution in [0.1, 0.15) is 5.69 Å². The van der Waals surface area contributed by atoms with Crippen LogP contribution in [0.5, 0.6) is 0 Å². The molecule has 2 N–H and O–H groups in total. The first-order chi connectivity index (χ1) is 14.0. The first kappa shape index (κ1) is 18.5. The molecule has 3 aliphatic rings. The summed E-state index contributed by atoms with van der Waals surface area (Å²) < 4.78 is 18.5. The highest BCUT2D eigenvalue weighted by molar-refractivity contribution is 5.80. The van der Waals surface area contributed by atoms with Gasteiger partial charge in [-0.25, -0.2) is 4.39 Å². The van der Waals surface area contributed by atoms with E-state index in [1.165, 1.54) is 12.1 Å². The maximum atomic E-state index is 13.2. The van der Waals surface area contributed by atoms with Crippen LogP contribution in [0.2, 0.25) is 0 Å². The Balaban J connectivity index is 1.23. The van der Waals surface area contributed by atoms with Gasteiger partial charge in [-0.3, -0.25) is 14.7 Å². The van der Waals surface area contributed by atoms with E-state index in [1.54, 1.807) is 24.3 Å². The monoisotopic (exact) mass is 396 g/mol. The Morgan fingerprint density at radius 2 is 1.90 bits per heavy atom. The predicted molar refractivity (Wildman–Crippen MR) is 107 cm³/mol. The van der Waals surface area contributed by atoms with Crippen molar-refractivity contribution in [3.63, 3.8) is 0 Å². The van der Waals surface area contributed by atoms with Crippen molar-refractivity contribution < 1.29 is 13.9 Å². The Bertz CT molecular complexity index is 919. The molecule has 1 aromatic heterocycles. The fourth-order valence-corrected chi connectivity index (χ4v) is 4.69. The highest BCUT2D eigenvalue weighted by Gasteiger charge is 2.59. The molecular weight excluding hydrogens is 371 g/mol. The molecule has 29 heavy (non-hydrogen) atoms. The quantitative estimate of drug-likeness (QED) is 0.835. The molecule has 0 bridgehead atoms. The average Bonchev–Trinajstić information content (AvgIpc) is 3.16. The Morgan fingerprint density at radius 3 is 2.52 bits per heavy atom. The Kier molecular flexibility index (Phi) is 4.52. The molecular formula is C22H25FN4O2. The van der Waals surface area contributed by atoms with Crippen molar-refractivity contribution in [2.24, 2.45) is 11.8 Å². The number of amides is 1. The number of nitrogens with zero attached hydrogens (tertiary/aromatic N) is 3. The van der Waals surface area contributed by atoms with E-state index in [0.717, 1.165) is 31.9 Å². The van der Waals surface area contributed by atoms with Crippen molar-refractivity contribution in [1.29, 1.82) is 0 Å². The van der Waals surface area contributed by atoms with Crippen LogP contribution in [0.25, 0.3) is 11.3 Å². The zero-order valence-corrected chi connectivity index (χ0v) is 16.4. The lowest BCUT2D eigenvalue weighted by Gasteiger charge is -2.36. The molecule has 5 rings (SSSR count). The predicted octanol–water partition coefficient (Wildman–Crippen LogP) is 1.80. The van der Waals surface area contributed by atoms with Crippen molar-refractivity contribution in [3.8, 4) is 11.3 Å². The second-order valence-corrected chi connectivity index (χ2v) is 8.39. The van der Waals surface area contributed by atoms with Crippen molar-refractivity contribution in [2.75, 3.05) is 39.1 Å². The lowest BCUT2D eigenvalue weighted by molar-refractivity contribution is -0.130. The van der Waals surface area contributed by atoms with Crippen molar-refractivity contribution in [3.05, 3.63) is 47.9 Å². The Labute approximate surface area is 169 Å². The number of carbonyl (C=O) groups excluding carboxylic acids is 1. The number of ether oxygens (including phenoxy) is 1. The van der Waals surface area contributed by atoms with Crippen LogP contribution in [0, 0.1) is 17.7 Å². The van der Waals surface area contributed by atoms with Crippen LogP contribution >= 0.6 is 0 Å². The summed E-state index contributed by atoms with van der Waals surface area (Å²) in [5, 5.41) is 0. The van der Waals surface area contributed by atoms with Gasteiger partial charge in [0.05, 0.1) is 42.8 Å². The number of halogens is 1. The van der Waals surface area contributed by atoms with Gasteiger partial charge in [0.2, 0.25) is 5.91 Å². The summed E-state index contributed by atoms with van der Waals surface area (Å²) in [5.74, 6) is 0.919. The lowest BCUT2D eigenvalue weighted by atomic mass is 10.1. The van der Waals surface area contributed by atoms with Crippen LogP contribution in [0.15, 0.2) is 36.4 Å². The molecule has 1 amide bonds. The Hall–Kier alpha value is -2.51. The third kappa shape index (κ3) is 3.38. The molecule has 1 unspecified atom stereocenters. The number of aromatic nitrogens is 1. The third-order valence-electron chi connectivity index (χ3n) is 6.64. The van der Waals surface area contributed by atoms with E-state index in [2.05, 4.69) is 16.9 Å². The summed E-state index contributed by atoms with van der Waals surface area (Å²) in [6.45, 7) is 3.27. The van der Waals surface area contributed by atoms with Gasteiger partial charge >= 0.3 is 0 Å². The number of anilines is 1. The second kappa shape index (κ2) is 7.07. The van der Waals surface area contributed by atoms with E-state index in [9.17, 15) is 9.18 Å². The van der Waals surface area contributed by atoms with Gasteiger partial charge < -0.3 is 15.4 Å². The fourth-order valence-electron chi connectivity index (χ4n) is 4.69. The van der Waals surface area contributed by atoms with Crippen molar-refractivity contribution in [2.45, 2.75) is 18.5 Å². The number of nitrogens with two attached hydrogens (primary N) is 1. The number of rotatable bonds is 5. The van der Waals surface area contributed by atoms with Crippen LogP contribution < -0.4 is 5.73 Å². The number of hydrogen-bond donors (Lipinski definition) is 1. The van der Waals surface area contributed by atoms with Gasteiger partial charge in [-0.15, -0.1) is 0 Å². The summed E-state index contributed by atoms with van der Waals surface area (Å²) in [4.78, 5) is 21.8. The van der Waals surface area contributed by atoms with Gasteiger partial charge in [0, 0.05) is 24.7 Å². The van der Waals surface area contributed by atoms with Gasteiger partial charge in [-0.2, -0.15) is 0 Å². The second-order valence-electron chi connectivity index (χ2n) is 8.39. The molecule has 6 nitrogen and oxygen atoms in total. The highest BCUT2D eigenvalue weighted by Crippen LogP contribution is 2.49. The minimum Gasteiger partial charge on any atom is -0.397 e. The number of fused-ring (bicyclic) bond motifs is 1. The van der Waals surface area contributed by atoms with E-state index >= 15 is 0 Å². The largest absolute Gasteiger partial charge is 0.397 e. The first-order valence-electron chi connectivity index (χ1n) is 10.1. The molecule has 1 aromatic carbocycles. The third-order valence-corrected chi connectivity index (χ3v) is 6.64. The van der Waals surface area contributed by atoms with Crippen LogP contribution in [-0.4, -0.2) is 66.1 Å². The molecule has 2 aliphatic heterocycles. The maximum absolute atomic E-state index is 13.2. The van der Waals surface area contributed by atoms with Gasteiger partial charge in [-0.05, 0) is 55.3 Å². The molecule has 3 atom stereocenters. The summed E-state index contributed by atoms with van der Waals surface area (Å²) in [7, 11) is 2.17. The molecule has 152 valence electrons. The van der Waals surface area contributed by atoms with Crippen LogP contribution in [-0.2, 0) is 16.0 Å². The van der Waals surface area contributed by atoms with Gasteiger partial charge in [-0.1, -0.05) is 0 Å². The fraction of sp³-hybridized carbons (Fsp3) is 0.455. The normalized spacial score (nSPS) is 25.8. The number of likely N-dealkylation sites (tertiary alicyclic amines) is 1. The van der Waals surface area contributed by atoms with Gasteiger partial charge in [0.1, 0.15) is 5.82 Å². The molecule has 2 aromatic rings. The zero-order chi connectivity index (χ0) is 20.1. The molecule has 0 spiro atoms. The number of benzene rings is 1. The van der Waals surface area contributed by atoms with Crippen molar-refractivity contribution in [1.82, 2.24) is 14.8 Å². The van der Waals surface area contributed by atoms with E-state index in [4.69, 9.17) is 10.5 Å². The molecule has 7 heteroatoms. The molecule has 1 saturated carbocycles. The molecule has 3 heterocycles. The Morgan fingerprint density at radius 1 is 1.21 bits per heavy atom. The van der Waals surface area contributed by atoms with Gasteiger partial charge in [0.25, 0.3) is 0 Å². The first-order valence-corrected chi connectivity index (χ1v) is 10.1. The van der Waals surface area contributed by atoms with E-state index in [1.807, 2.05) is 4.90 Å². The minimum absolute atomic E-state index is 0.0704. The number of pyridine rings is 1. The molecule has 1 aliphatic carbocycles. The minimum atomic E-state index is -0.291. The van der Waals surface area contributed by atoms with E-state index in [0.29, 0.717) is 41.0 Å². The summed E-state index contributed by atoms with van der Waals surface area (Å²) in [6, 6.07) is 10.8. The summed E-state index contributed by atoms with van der Waals surface area (Å²) in [5.41, 5.74) is 8.66. The number of piperidine rings is 1. The molecule has 3 fully saturated rings.